The number of fused-ring (bicyclic) bond motifs is 1. The third-order valence-electron chi connectivity index (χ3n) is 6.47. The van der Waals surface area contributed by atoms with Gasteiger partial charge in [0.2, 0.25) is 5.95 Å². The van der Waals surface area contributed by atoms with Gasteiger partial charge in [-0.3, -0.25) is 4.79 Å². The first-order valence-corrected chi connectivity index (χ1v) is 11.9. The predicted molar refractivity (Wildman–Crippen MR) is 134 cm³/mol. The van der Waals surface area contributed by atoms with E-state index >= 15 is 4.39 Å². The highest BCUT2D eigenvalue weighted by molar-refractivity contribution is 5.98. The van der Waals surface area contributed by atoms with E-state index < -0.39 is 29.9 Å². The first kappa shape index (κ1) is 25.0. The van der Waals surface area contributed by atoms with Gasteiger partial charge in [-0.1, -0.05) is 12.1 Å². The van der Waals surface area contributed by atoms with Crippen LogP contribution in [-0.2, 0) is 17.2 Å². The van der Waals surface area contributed by atoms with Crippen molar-refractivity contribution >= 4 is 17.4 Å². The van der Waals surface area contributed by atoms with Gasteiger partial charge in [0.1, 0.15) is 11.4 Å². The Morgan fingerprint density at radius 1 is 1.08 bits per heavy atom. The van der Waals surface area contributed by atoms with E-state index in [9.17, 15) is 13.6 Å². The molecule has 8 nitrogen and oxygen atoms in total. The number of ether oxygens (including phenoxy) is 1. The topological polar surface area (TPSA) is 96.6 Å². The molecule has 194 valence electrons. The number of hydrogen-bond acceptors (Lipinski definition) is 7. The van der Waals surface area contributed by atoms with Crippen LogP contribution in [0.2, 0.25) is 0 Å². The Morgan fingerprint density at radius 3 is 2.51 bits per heavy atom. The van der Waals surface area contributed by atoms with Crippen LogP contribution in [0.25, 0.3) is 22.5 Å². The molecule has 11 heteroatoms. The molecule has 0 saturated carbocycles. The summed E-state index contributed by atoms with van der Waals surface area (Å²) in [6.45, 7) is 2.57. The fourth-order valence-electron chi connectivity index (χ4n) is 4.71. The average molecular weight is 513 g/mol. The van der Waals surface area contributed by atoms with Crippen LogP contribution in [0.3, 0.4) is 0 Å². The second-order valence-electron chi connectivity index (χ2n) is 9.43. The van der Waals surface area contributed by atoms with Gasteiger partial charge in [-0.25, -0.2) is 4.98 Å². The van der Waals surface area contributed by atoms with Crippen LogP contribution >= 0.6 is 0 Å². The molecule has 3 heterocycles. The summed E-state index contributed by atoms with van der Waals surface area (Å²) >= 11 is 0. The van der Waals surface area contributed by atoms with Crippen LogP contribution in [0.4, 0.5) is 24.7 Å². The molecule has 0 aliphatic carbocycles. The fraction of sp³-hybridized carbons (Fsp3) is 0.346. The van der Waals surface area contributed by atoms with E-state index in [4.69, 9.17) is 10.5 Å². The number of rotatable bonds is 5. The van der Waals surface area contributed by atoms with E-state index in [0.717, 1.165) is 24.3 Å². The Kier molecular flexibility index (Phi) is 6.50. The number of carbonyl (C=O) groups is 1. The van der Waals surface area contributed by atoms with Crippen molar-refractivity contribution in [2.45, 2.75) is 12.5 Å². The van der Waals surface area contributed by atoms with Crippen LogP contribution in [-0.4, -0.2) is 67.7 Å². The van der Waals surface area contributed by atoms with Gasteiger partial charge < -0.3 is 25.6 Å². The fourth-order valence-corrected chi connectivity index (χ4v) is 4.71. The van der Waals surface area contributed by atoms with E-state index in [-0.39, 0.29) is 28.3 Å². The highest BCUT2D eigenvalue weighted by atomic mass is 19.3. The summed E-state index contributed by atoms with van der Waals surface area (Å²) in [5, 5.41) is 2.18. The molecule has 0 spiro atoms. The Balaban J connectivity index is 1.59. The zero-order valence-corrected chi connectivity index (χ0v) is 20.5. The Hall–Kier alpha value is -3.70. The summed E-state index contributed by atoms with van der Waals surface area (Å²) in [5.74, 6) is -4.94. The first-order chi connectivity index (χ1) is 17.6. The minimum atomic E-state index is -3.26. The SMILES string of the molecule is CN(C)Cc1cc(-c2nc(-c3ccc4c(c3)C(F)(F)CNC4=O)c(N)nc2F)ccc1N1CCOCC1. The molecule has 3 N–H and O–H groups in total. The molecule has 2 aromatic carbocycles. The zero-order chi connectivity index (χ0) is 26.3. The molecule has 0 unspecified atom stereocenters. The second kappa shape index (κ2) is 9.64. The minimum Gasteiger partial charge on any atom is -0.382 e. The van der Waals surface area contributed by atoms with Crippen LogP contribution in [0.5, 0.6) is 0 Å². The maximum Gasteiger partial charge on any atom is 0.290 e. The summed E-state index contributed by atoms with van der Waals surface area (Å²) in [7, 11) is 3.90. The van der Waals surface area contributed by atoms with Gasteiger partial charge in [-0.2, -0.15) is 18.2 Å². The maximum absolute atomic E-state index is 15.1. The molecule has 3 aromatic rings. The smallest absolute Gasteiger partial charge is 0.290 e. The van der Waals surface area contributed by atoms with Gasteiger partial charge in [0, 0.05) is 47.6 Å². The molecule has 5 rings (SSSR count). The van der Waals surface area contributed by atoms with Crippen LogP contribution < -0.4 is 16.0 Å². The largest absolute Gasteiger partial charge is 0.382 e. The summed E-state index contributed by atoms with van der Waals surface area (Å²) in [4.78, 5) is 24.6. The summed E-state index contributed by atoms with van der Waals surface area (Å²) < 4.78 is 49.6. The number of benzene rings is 2. The number of anilines is 2. The number of alkyl halides is 2. The molecule has 1 saturated heterocycles. The Bertz CT molecular complexity index is 1360. The van der Waals surface area contributed by atoms with Gasteiger partial charge in [-0.05, 0) is 43.9 Å². The number of nitrogen functional groups attached to an aromatic ring is 1. The van der Waals surface area contributed by atoms with E-state index in [1.165, 1.54) is 18.2 Å². The van der Waals surface area contributed by atoms with Crippen molar-refractivity contribution in [1.82, 2.24) is 20.2 Å². The van der Waals surface area contributed by atoms with Crippen molar-refractivity contribution in [2.24, 2.45) is 0 Å². The quantitative estimate of drug-likeness (QED) is 0.542. The molecule has 2 aliphatic heterocycles. The zero-order valence-electron chi connectivity index (χ0n) is 20.5. The molecule has 2 aliphatic rings. The molecule has 0 bridgehead atoms. The lowest BCUT2D eigenvalue weighted by Crippen LogP contribution is -2.41. The summed E-state index contributed by atoms with van der Waals surface area (Å²) in [5.41, 5.74) is 8.16. The molecule has 1 fully saturated rings. The van der Waals surface area contributed by atoms with Crippen molar-refractivity contribution in [1.29, 1.82) is 0 Å². The number of morpholine rings is 1. The monoisotopic (exact) mass is 512 g/mol. The van der Waals surface area contributed by atoms with Crippen LogP contribution in [0, 0.1) is 5.95 Å². The number of amides is 1. The molecule has 37 heavy (non-hydrogen) atoms. The van der Waals surface area contributed by atoms with Gasteiger partial charge in [0.05, 0.1) is 19.8 Å². The average Bonchev–Trinajstić information content (AvgIpc) is 2.87. The molecule has 0 radical (unpaired) electrons. The number of nitrogens with zero attached hydrogens (tertiary/aromatic N) is 4. The third kappa shape index (κ3) is 4.84. The molecular formula is C26H27F3N6O2. The van der Waals surface area contributed by atoms with Crippen molar-refractivity contribution in [3.05, 3.63) is 59.0 Å². The lowest BCUT2D eigenvalue weighted by molar-refractivity contribution is -0.00833. The molecular weight excluding hydrogens is 485 g/mol. The van der Waals surface area contributed by atoms with Crippen LogP contribution in [0.15, 0.2) is 36.4 Å². The van der Waals surface area contributed by atoms with E-state index in [0.29, 0.717) is 25.3 Å². The third-order valence-corrected chi connectivity index (χ3v) is 6.47. The standard InChI is InChI=1S/C26H27F3N6O2/c1-34(2)13-17-11-15(4-6-20(17)35-7-9-37-10-8-35)21-23(27)33-24(30)22(32-21)16-3-5-18-19(12-16)26(28,29)14-31-25(18)36/h3-6,11-12H,7-10,13-14H2,1-2H3,(H2,30,33)(H,31,36). The molecule has 1 aromatic heterocycles. The number of halogens is 3. The molecule has 0 atom stereocenters. The van der Waals surface area contributed by atoms with Gasteiger partial charge >= 0.3 is 0 Å². The first-order valence-electron chi connectivity index (χ1n) is 11.9. The number of hydrogen-bond donors (Lipinski definition) is 2. The van der Waals surface area contributed by atoms with Gasteiger partial charge in [0.15, 0.2) is 5.82 Å². The highest BCUT2D eigenvalue weighted by Gasteiger charge is 2.40. The van der Waals surface area contributed by atoms with Gasteiger partial charge in [0.25, 0.3) is 11.8 Å². The van der Waals surface area contributed by atoms with E-state index in [2.05, 4.69) is 20.2 Å². The highest BCUT2D eigenvalue weighted by Crippen LogP contribution is 2.37. The second-order valence-corrected chi connectivity index (χ2v) is 9.43. The molecule has 1 amide bonds. The summed E-state index contributed by atoms with van der Waals surface area (Å²) in [6, 6.07) is 9.49. The van der Waals surface area contributed by atoms with Crippen molar-refractivity contribution < 1.29 is 22.7 Å². The number of nitrogens with one attached hydrogen (secondary N) is 1. The Morgan fingerprint density at radius 2 is 1.78 bits per heavy atom. The normalized spacial score (nSPS) is 17.0. The van der Waals surface area contributed by atoms with Gasteiger partial charge in [-0.15, -0.1) is 0 Å². The number of carbonyl (C=O) groups excluding carboxylic acids is 1. The summed E-state index contributed by atoms with van der Waals surface area (Å²) in [6.07, 6.45) is 0. The van der Waals surface area contributed by atoms with Crippen molar-refractivity contribution in [3.8, 4) is 22.5 Å². The lowest BCUT2D eigenvalue weighted by atomic mass is 9.94. The maximum atomic E-state index is 15.1. The van der Waals surface area contributed by atoms with Crippen LogP contribution in [0.1, 0.15) is 21.5 Å². The minimum absolute atomic E-state index is 0.0417. The predicted octanol–water partition coefficient (Wildman–Crippen LogP) is 3.27. The lowest BCUT2D eigenvalue weighted by Gasteiger charge is -2.31. The number of aromatic nitrogens is 2. The van der Waals surface area contributed by atoms with Crippen molar-refractivity contribution in [3.63, 3.8) is 0 Å². The number of nitrogens with two attached hydrogens (primary N) is 1. The van der Waals surface area contributed by atoms with E-state index in [1.54, 1.807) is 6.07 Å². The van der Waals surface area contributed by atoms with Crippen molar-refractivity contribution in [2.75, 3.05) is 57.6 Å². The van der Waals surface area contributed by atoms with E-state index in [1.807, 2.05) is 31.1 Å². The Labute approximate surface area is 212 Å².